The fourth-order valence-corrected chi connectivity index (χ4v) is 6.80. The summed E-state index contributed by atoms with van der Waals surface area (Å²) < 4.78 is 29.6. The van der Waals surface area contributed by atoms with Gasteiger partial charge in [-0.3, -0.25) is 4.72 Å². The van der Waals surface area contributed by atoms with Crippen molar-refractivity contribution in [3.05, 3.63) is 64.5 Å². The largest absolute Gasteiger partial charge is 0.506 e. The summed E-state index contributed by atoms with van der Waals surface area (Å²) in [5.74, 6) is 0.936. The van der Waals surface area contributed by atoms with Gasteiger partial charge in [-0.25, -0.2) is 18.4 Å². The molecule has 0 amide bonds. The number of para-hydroxylation sites is 4. The van der Waals surface area contributed by atoms with E-state index in [0.29, 0.717) is 43.0 Å². The molecule has 2 aromatic heterocycles. The summed E-state index contributed by atoms with van der Waals surface area (Å²) in [6.07, 6.45) is 0. The number of anilines is 3. The molecule has 2 N–H and O–H groups in total. The van der Waals surface area contributed by atoms with Crippen molar-refractivity contribution in [2.75, 3.05) is 40.7 Å². The van der Waals surface area contributed by atoms with Gasteiger partial charge in [0.25, 0.3) is 10.0 Å². The van der Waals surface area contributed by atoms with E-state index in [1.54, 1.807) is 24.3 Å². The minimum atomic E-state index is -3.82. The molecule has 4 aromatic rings. The first-order chi connectivity index (χ1) is 15.9. The summed E-state index contributed by atoms with van der Waals surface area (Å²) in [5, 5.41) is 10.2. The van der Waals surface area contributed by atoms with Crippen molar-refractivity contribution >= 4 is 65.6 Å². The van der Waals surface area contributed by atoms with Crippen LogP contribution >= 0.6 is 27.3 Å². The predicted octanol–water partition coefficient (Wildman–Crippen LogP) is 4.29. The summed E-state index contributed by atoms with van der Waals surface area (Å²) in [7, 11) is -3.82. The zero-order chi connectivity index (χ0) is 23.0. The molecular formula is C22H20BrN5O3S2. The predicted molar refractivity (Wildman–Crippen MR) is 135 cm³/mol. The van der Waals surface area contributed by atoms with Crippen LogP contribution in [0.1, 0.15) is 0 Å². The van der Waals surface area contributed by atoms with Crippen molar-refractivity contribution in [1.82, 2.24) is 9.97 Å². The zero-order valence-electron chi connectivity index (χ0n) is 17.3. The Bertz CT molecular complexity index is 1420. The highest BCUT2D eigenvalue weighted by molar-refractivity contribution is 9.11. The van der Waals surface area contributed by atoms with Crippen LogP contribution in [-0.4, -0.2) is 49.7 Å². The standard InChI is InChI=1S/C22H20BrN5O3S2/c23-19-9-10-20(32-19)33(30,31)26-21-22(25-16-6-2-1-5-15(16)24-21)28-13-11-27(12-14-28)17-7-3-4-8-18(17)29/h1-10,29H,11-14H2,(H,24,26). The van der Waals surface area contributed by atoms with Crippen molar-refractivity contribution in [3.8, 4) is 5.75 Å². The van der Waals surface area contributed by atoms with Crippen LogP contribution in [-0.2, 0) is 10.0 Å². The minimum absolute atomic E-state index is 0.194. The second kappa shape index (κ2) is 8.81. The first-order valence-electron chi connectivity index (χ1n) is 10.2. The number of phenols is 1. The lowest BCUT2D eigenvalue weighted by Crippen LogP contribution is -2.47. The highest BCUT2D eigenvalue weighted by atomic mass is 79.9. The van der Waals surface area contributed by atoms with Crippen LogP contribution in [0, 0.1) is 0 Å². The van der Waals surface area contributed by atoms with E-state index in [9.17, 15) is 13.5 Å². The molecule has 33 heavy (non-hydrogen) atoms. The van der Waals surface area contributed by atoms with E-state index in [2.05, 4.69) is 30.5 Å². The Morgan fingerprint density at radius 3 is 2.18 bits per heavy atom. The second-order valence-corrected chi connectivity index (χ2v) is 11.9. The van der Waals surface area contributed by atoms with Gasteiger partial charge in [-0.2, -0.15) is 0 Å². The van der Waals surface area contributed by atoms with Crippen molar-refractivity contribution in [2.24, 2.45) is 0 Å². The number of halogens is 1. The van der Waals surface area contributed by atoms with Crippen LogP contribution in [0.4, 0.5) is 17.3 Å². The molecule has 0 radical (unpaired) electrons. The maximum Gasteiger partial charge on any atom is 0.272 e. The van der Waals surface area contributed by atoms with E-state index in [-0.39, 0.29) is 15.8 Å². The maximum absolute atomic E-state index is 13.0. The van der Waals surface area contributed by atoms with Crippen LogP contribution in [0.15, 0.2) is 68.7 Å². The highest BCUT2D eigenvalue weighted by Crippen LogP contribution is 2.33. The van der Waals surface area contributed by atoms with Crippen LogP contribution in [0.5, 0.6) is 5.75 Å². The third kappa shape index (κ3) is 4.48. The van der Waals surface area contributed by atoms with Gasteiger partial charge < -0.3 is 14.9 Å². The third-order valence-electron chi connectivity index (χ3n) is 5.40. The molecule has 0 atom stereocenters. The van der Waals surface area contributed by atoms with Gasteiger partial charge in [-0.05, 0) is 52.3 Å². The molecule has 0 bridgehead atoms. The Kier molecular flexibility index (Phi) is 5.85. The molecule has 1 fully saturated rings. The second-order valence-electron chi connectivity index (χ2n) is 7.51. The summed E-state index contributed by atoms with van der Waals surface area (Å²) in [6, 6.07) is 17.9. The number of fused-ring (bicyclic) bond motifs is 1. The fourth-order valence-electron chi connectivity index (χ4n) is 3.79. The van der Waals surface area contributed by atoms with E-state index in [0.717, 1.165) is 20.8 Å². The number of sulfonamides is 1. The molecule has 170 valence electrons. The zero-order valence-corrected chi connectivity index (χ0v) is 20.6. The molecule has 0 unspecified atom stereocenters. The number of hydrogen-bond acceptors (Lipinski definition) is 8. The lowest BCUT2D eigenvalue weighted by molar-refractivity contribution is 0.472. The minimum Gasteiger partial charge on any atom is -0.506 e. The molecular weight excluding hydrogens is 526 g/mol. The number of aromatic nitrogens is 2. The van der Waals surface area contributed by atoms with E-state index >= 15 is 0 Å². The number of aromatic hydroxyl groups is 1. The van der Waals surface area contributed by atoms with Gasteiger partial charge in [0.2, 0.25) is 0 Å². The molecule has 1 aliphatic rings. The molecule has 5 rings (SSSR count). The first kappa shape index (κ1) is 21.9. The van der Waals surface area contributed by atoms with E-state index in [4.69, 9.17) is 4.98 Å². The fraction of sp³-hybridized carbons (Fsp3) is 0.182. The first-order valence-corrected chi connectivity index (χ1v) is 13.3. The smallest absolute Gasteiger partial charge is 0.272 e. The summed E-state index contributed by atoms with van der Waals surface area (Å²) in [6.45, 7) is 2.49. The molecule has 0 saturated carbocycles. The maximum atomic E-state index is 13.0. The van der Waals surface area contributed by atoms with Crippen molar-refractivity contribution in [1.29, 1.82) is 0 Å². The number of nitrogens with zero attached hydrogens (tertiary/aromatic N) is 4. The Morgan fingerprint density at radius 2 is 1.52 bits per heavy atom. The van der Waals surface area contributed by atoms with Gasteiger partial charge in [-0.15, -0.1) is 11.3 Å². The van der Waals surface area contributed by atoms with Crippen molar-refractivity contribution < 1.29 is 13.5 Å². The molecule has 3 heterocycles. The van der Waals surface area contributed by atoms with E-state index in [1.807, 2.05) is 41.3 Å². The number of thiophene rings is 1. The third-order valence-corrected chi connectivity index (χ3v) is 8.85. The molecule has 0 spiro atoms. The quantitative estimate of drug-likeness (QED) is 0.386. The molecule has 0 aliphatic carbocycles. The SMILES string of the molecule is O=S(=O)(Nc1nc2ccccc2nc1N1CCN(c2ccccc2O)CC1)c1ccc(Br)s1. The average Bonchev–Trinajstić information content (AvgIpc) is 3.26. The van der Waals surface area contributed by atoms with Gasteiger partial charge in [0, 0.05) is 26.2 Å². The number of phenolic OH excluding ortho intramolecular Hbond substituents is 1. The lowest BCUT2D eigenvalue weighted by Gasteiger charge is -2.37. The van der Waals surface area contributed by atoms with Gasteiger partial charge in [0.1, 0.15) is 9.96 Å². The number of nitrogens with one attached hydrogen (secondary N) is 1. The topological polar surface area (TPSA) is 98.7 Å². The Balaban J connectivity index is 1.47. The summed E-state index contributed by atoms with van der Waals surface area (Å²) in [5.41, 5.74) is 2.09. The van der Waals surface area contributed by atoms with E-state index in [1.165, 1.54) is 0 Å². The Hall–Kier alpha value is -2.89. The van der Waals surface area contributed by atoms with Gasteiger partial charge in [0.05, 0.1) is 20.5 Å². The van der Waals surface area contributed by atoms with Gasteiger partial charge in [0.15, 0.2) is 11.6 Å². The number of hydrogen-bond donors (Lipinski definition) is 2. The monoisotopic (exact) mass is 545 g/mol. The van der Waals surface area contributed by atoms with Crippen LogP contribution in [0.25, 0.3) is 11.0 Å². The molecule has 11 heteroatoms. The Labute approximate surface area is 203 Å². The summed E-state index contributed by atoms with van der Waals surface area (Å²) >= 11 is 4.45. The number of piperazine rings is 1. The highest BCUT2D eigenvalue weighted by Gasteiger charge is 2.26. The Morgan fingerprint density at radius 1 is 0.879 bits per heavy atom. The van der Waals surface area contributed by atoms with E-state index < -0.39 is 10.0 Å². The average molecular weight is 546 g/mol. The molecule has 8 nitrogen and oxygen atoms in total. The van der Waals surface area contributed by atoms with Crippen LogP contribution in [0.3, 0.4) is 0 Å². The van der Waals surface area contributed by atoms with Crippen LogP contribution < -0.4 is 14.5 Å². The normalized spacial score (nSPS) is 14.6. The molecule has 2 aromatic carbocycles. The lowest BCUT2D eigenvalue weighted by atomic mass is 10.2. The summed E-state index contributed by atoms with van der Waals surface area (Å²) in [4.78, 5) is 13.5. The number of benzene rings is 2. The number of rotatable bonds is 5. The van der Waals surface area contributed by atoms with Crippen molar-refractivity contribution in [2.45, 2.75) is 4.21 Å². The van der Waals surface area contributed by atoms with Gasteiger partial charge in [-0.1, -0.05) is 24.3 Å². The molecule has 1 saturated heterocycles. The van der Waals surface area contributed by atoms with Crippen molar-refractivity contribution in [3.63, 3.8) is 0 Å². The van der Waals surface area contributed by atoms with Crippen LogP contribution in [0.2, 0.25) is 0 Å². The van der Waals surface area contributed by atoms with Gasteiger partial charge >= 0.3 is 0 Å². The molecule has 1 aliphatic heterocycles.